The van der Waals surface area contributed by atoms with Gasteiger partial charge in [-0.1, -0.05) is 26.0 Å². The summed E-state index contributed by atoms with van der Waals surface area (Å²) in [5.74, 6) is 0.0875. The summed E-state index contributed by atoms with van der Waals surface area (Å²) in [7, 11) is 0. The number of carboxylic acid groups (broad SMARTS) is 1. The van der Waals surface area contributed by atoms with Gasteiger partial charge in [0.05, 0.1) is 13.0 Å². The molecule has 1 atom stereocenters. The van der Waals surface area contributed by atoms with Crippen molar-refractivity contribution in [2.45, 2.75) is 46.0 Å². The minimum atomic E-state index is -0.758. The van der Waals surface area contributed by atoms with Crippen LogP contribution >= 0.6 is 0 Å². The Labute approximate surface area is 109 Å². The number of carboxylic acids is 1. The van der Waals surface area contributed by atoms with Crippen LogP contribution in [-0.2, 0) is 11.2 Å². The molecule has 0 aromatic heterocycles. The monoisotopic (exact) mass is 250 g/mol. The van der Waals surface area contributed by atoms with Gasteiger partial charge in [0.25, 0.3) is 0 Å². The summed E-state index contributed by atoms with van der Waals surface area (Å²) in [5.41, 5.74) is 2.25. The van der Waals surface area contributed by atoms with Crippen LogP contribution in [0.5, 0.6) is 5.75 Å². The molecule has 18 heavy (non-hydrogen) atoms. The maximum atomic E-state index is 10.9. The summed E-state index contributed by atoms with van der Waals surface area (Å²) in [4.78, 5) is 10.9. The molecule has 0 radical (unpaired) electrons. The van der Waals surface area contributed by atoms with Crippen LogP contribution in [0.15, 0.2) is 18.2 Å². The van der Waals surface area contributed by atoms with E-state index in [0.717, 1.165) is 24.2 Å². The van der Waals surface area contributed by atoms with E-state index >= 15 is 0 Å². The molecule has 0 aliphatic rings. The Hall–Kier alpha value is -1.51. The molecular formula is C15H22O3. The number of hydrogen-bond acceptors (Lipinski definition) is 2. The number of benzene rings is 1. The Morgan fingerprint density at radius 2 is 2.06 bits per heavy atom. The van der Waals surface area contributed by atoms with Crippen molar-refractivity contribution >= 4 is 5.97 Å². The second kappa shape index (κ2) is 7.04. The van der Waals surface area contributed by atoms with Crippen molar-refractivity contribution in [2.24, 2.45) is 0 Å². The minimum absolute atomic E-state index is 0.0237. The smallest absolute Gasteiger partial charge is 0.303 e. The van der Waals surface area contributed by atoms with Gasteiger partial charge in [0.1, 0.15) is 5.75 Å². The Morgan fingerprint density at radius 3 is 2.56 bits per heavy atom. The molecule has 0 aliphatic heterocycles. The summed E-state index contributed by atoms with van der Waals surface area (Å²) in [6.07, 6.45) is 1.91. The van der Waals surface area contributed by atoms with Crippen LogP contribution in [0, 0.1) is 0 Å². The van der Waals surface area contributed by atoms with Gasteiger partial charge in [-0.25, -0.2) is 0 Å². The van der Waals surface area contributed by atoms with Crippen molar-refractivity contribution in [3.05, 3.63) is 29.3 Å². The van der Waals surface area contributed by atoms with Gasteiger partial charge in [0, 0.05) is 0 Å². The molecule has 0 bridgehead atoms. The second-order valence-corrected chi connectivity index (χ2v) is 4.36. The molecule has 0 fully saturated rings. The number of carbonyl (C=O) groups is 1. The average Bonchev–Trinajstić information content (AvgIpc) is 2.36. The van der Waals surface area contributed by atoms with E-state index in [1.165, 1.54) is 5.56 Å². The topological polar surface area (TPSA) is 46.5 Å². The van der Waals surface area contributed by atoms with E-state index in [1.807, 2.05) is 26.0 Å². The van der Waals surface area contributed by atoms with Gasteiger partial charge in [0.2, 0.25) is 0 Å². The molecule has 0 spiro atoms. The lowest BCUT2D eigenvalue weighted by molar-refractivity contribution is -0.137. The summed E-state index contributed by atoms with van der Waals surface area (Å²) >= 11 is 0. The molecule has 1 rings (SSSR count). The summed E-state index contributed by atoms with van der Waals surface area (Å²) in [6.45, 7) is 6.65. The fourth-order valence-electron chi connectivity index (χ4n) is 2.11. The van der Waals surface area contributed by atoms with E-state index in [1.54, 1.807) is 0 Å². The predicted molar refractivity (Wildman–Crippen MR) is 72.3 cm³/mol. The van der Waals surface area contributed by atoms with Crippen molar-refractivity contribution in [2.75, 3.05) is 6.61 Å². The molecular weight excluding hydrogens is 228 g/mol. The lowest BCUT2D eigenvalue weighted by Gasteiger charge is -2.18. The van der Waals surface area contributed by atoms with Crippen LogP contribution in [0.1, 0.15) is 50.7 Å². The first kappa shape index (κ1) is 14.6. The van der Waals surface area contributed by atoms with E-state index in [0.29, 0.717) is 6.61 Å². The molecule has 1 aromatic carbocycles. The van der Waals surface area contributed by atoms with Crippen LogP contribution < -0.4 is 4.74 Å². The van der Waals surface area contributed by atoms with E-state index in [9.17, 15) is 4.79 Å². The van der Waals surface area contributed by atoms with E-state index in [2.05, 4.69) is 13.0 Å². The largest absolute Gasteiger partial charge is 0.494 e. The van der Waals surface area contributed by atoms with E-state index < -0.39 is 5.97 Å². The minimum Gasteiger partial charge on any atom is -0.494 e. The fraction of sp³-hybridized carbons (Fsp3) is 0.533. The lowest BCUT2D eigenvalue weighted by atomic mass is 9.91. The number of ether oxygens (including phenoxy) is 1. The maximum Gasteiger partial charge on any atom is 0.303 e. The molecule has 3 heteroatoms. The molecule has 1 N–H and O–H groups in total. The highest BCUT2D eigenvalue weighted by atomic mass is 16.5. The zero-order valence-electron chi connectivity index (χ0n) is 11.4. The Balaban J connectivity index is 3.10. The number of aryl methyl sites for hydroxylation is 1. The third-order valence-electron chi connectivity index (χ3n) is 3.14. The van der Waals surface area contributed by atoms with Crippen LogP contribution in [-0.4, -0.2) is 17.7 Å². The molecule has 100 valence electrons. The van der Waals surface area contributed by atoms with Gasteiger partial charge in [-0.15, -0.1) is 0 Å². The van der Waals surface area contributed by atoms with Crippen LogP contribution in [0.4, 0.5) is 0 Å². The van der Waals surface area contributed by atoms with Gasteiger partial charge >= 0.3 is 5.97 Å². The van der Waals surface area contributed by atoms with Gasteiger partial charge in [-0.2, -0.15) is 0 Å². The molecule has 0 aliphatic carbocycles. The van der Waals surface area contributed by atoms with Crippen molar-refractivity contribution in [3.8, 4) is 5.75 Å². The summed E-state index contributed by atoms with van der Waals surface area (Å²) in [6, 6.07) is 6.09. The maximum absolute atomic E-state index is 10.9. The Bertz CT molecular complexity index is 399. The van der Waals surface area contributed by atoms with E-state index in [4.69, 9.17) is 9.84 Å². The van der Waals surface area contributed by atoms with Gasteiger partial charge in [-0.3, -0.25) is 4.79 Å². The van der Waals surface area contributed by atoms with E-state index in [-0.39, 0.29) is 12.3 Å². The number of aliphatic carboxylic acids is 1. The second-order valence-electron chi connectivity index (χ2n) is 4.36. The molecule has 0 saturated heterocycles. The number of hydrogen-bond donors (Lipinski definition) is 1. The Kier molecular flexibility index (Phi) is 5.69. The normalized spacial score (nSPS) is 12.2. The first-order chi connectivity index (χ1) is 8.62. The van der Waals surface area contributed by atoms with Crippen LogP contribution in [0.2, 0.25) is 0 Å². The zero-order valence-corrected chi connectivity index (χ0v) is 11.4. The molecule has 0 heterocycles. The van der Waals surface area contributed by atoms with Gasteiger partial charge < -0.3 is 9.84 Å². The first-order valence-corrected chi connectivity index (χ1v) is 6.59. The highest BCUT2D eigenvalue weighted by molar-refractivity contribution is 5.68. The molecule has 1 aromatic rings. The fourth-order valence-corrected chi connectivity index (χ4v) is 2.11. The van der Waals surface area contributed by atoms with Crippen LogP contribution in [0.25, 0.3) is 0 Å². The van der Waals surface area contributed by atoms with Crippen molar-refractivity contribution in [1.82, 2.24) is 0 Å². The third-order valence-corrected chi connectivity index (χ3v) is 3.14. The van der Waals surface area contributed by atoms with Crippen LogP contribution in [0.3, 0.4) is 0 Å². The Morgan fingerprint density at radius 1 is 1.33 bits per heavy atom. The highest BCUT2D eigenvalue weighted by Gasteiger charge is 2.18. The summed E-state index contributed by atoms with van der Waals surface area (Å²) in [5, 5.41) is 8.98. The summed E-state index contributed by atoms with van der Waals surface area (Å²) < 4.78 is 5.61. The van der Waals surface area contributed by atoms with Crippen molar-refractivity contribution in [3.63, 3.8) is 0 Å². The molecule has 0 amide bonds. The lowest BCUT2D eigenvalue weighted by Crippen LogP contribution is -2.08. The molecule has 0 saturated carbocycles. The molecule has 1 unspecified atom stereocenters. The quantitative estimate of drug-likeness (QED) is 0.804. The highest BCUT2D eigenvalue weighted by Crippen LogP contribution is 2.32. The zero-order chi connectivity index (χ0) is 13.5. The molecule has 3 nitrogen and oxygen atoms in total. The standard InChI is InChI=1S/C15H22O3/c1-4-11-7-8-14(18-6-3)13(9-11)12(5-2)10-15(16)17/h7-9,12H,4-6,10H2,1-3H3,(H,16,17). The van der Waals surface area contributed by atoms with Crippen molar-refractivity contribution < 1.29 is 14.6 Å². The van der Waals surface area contributed by atoms with Crippen molar-refractivity contribution in [1.29, 1.82) is 0 Å². The van der Waals surface area contributed by atoms with Gasteiger partial charge in [-0.05, 0) is 42.9 Å². The average molecular weight is 250 g/mol. The van der Waals surface area contributed by atoms with Gasteiger partial charge in [0.15, 0.2) is 0 Å². The number of rotatable bonds is 7. The predicted octanol–water partition coefficient (Wildman–Crippen LogP) is 3.62. The first-order valence-electron chi connectivity index (χ1n) is 6.59. The third kappa shape index (κ3) is 3.76. The SMILES string of the molecule is CCOc1ccc(CC)cc1C(CC)CC(=O)O.